The van der Waals surface area contributed by atoms with Crippen molar-refractivity contribution in [3.05, 3.63) is 21.7 Å². The van der Waals surface area contributed by atoms with E-state index in [4.69, 9.17) is 4.98 Å². The Morgan fingerprint density at radius 1 is 1.12 bits per heavy atom. The average molecular weight is 296 g/mol. The van der Waals surface area contributed by atoms with E-state index in [0.29, 0.717) is 5.92 Å². The van der Waals surface area contributed by atoms with Crippen molar-refractivity contribution < 1.29 is 0 Å². The molecule has 1 aliphatic carbocycles. The highest BCUT2D eigenvalue weighted by Gasteiger charge is 2.22. The third kappa shape index (κ3) is 2.38. The Labute approximate surface area is 111 Å². The van der Waals surface area contributed by atoms with Gasteiger partial charge in [0.05, 0.1) is 5.69 Å². The lowest BCUT2D eigenvalue weighted by Crippen LogP contribution is -2.26. The molecule has 1 aromatic rings. The normalized spacial score (nSPS) is 21.2. The van der Waals surface area contributed by atoms with Crippen LogP contribution in [0.1, 0.15) is 55.1 Å². The quantitative estimate of drug-likeness (QED) is 0.810. The van der Waals surface area contributed by atoms with Gasteiger partial charge in [0, 0.05) is 31.0 Å². The largest absolute Gasteiger partial charge is 0.312 e. The van der Waals surface area contributed by atoms with E-state index in [9.17, 15) is 0 Å². The maximum absolute atomic E-state index is 4.82. The van der Waals surface area contributed by atoms with Gasteiger partial charge in [0.15, 0.2) is 0 Å². The van der Waals surface area contributed by atoms with E-state index in [1.165, 1.54) is 43.4 Å². The molecule has 0 radical (unpaired) electrons. The Bertz CT molecular complexity index is 413. The number of nitrogens with zero attached hydrogens (tertiary/aromatic N) is 2. The molecular weight excluding hydrogens is 278 g/mol. The van der Waals surface area contributed by atoms with Crippen LogP contribution >= 0.6 is 15.9 Å². The van der Waals surface area contributed by atoms with Crippen molar-refractivity contribution in [2.75, 3.05) is 6.54 Å². The lowest BCUT2D eigenvalue weighted by molar-refractivity contribution is 0.425. The van der Waals surface area contributed by atoms with Crippen molar-refractivity contribution in [2.24, 2.45) is 0 Å². The van der Waals surface area contributed by atoms with Crippen LogP contribution in [0.5, 0.6) is 0 Å². The predicted molar refractivity (Wildman–Crippen MR) is 71.0 cm³/mol. The molecule has 0 bridgehead atoms. The van der Waals surface area contributed by atoms with Crippen molar-refractivity contribution in [3.8, 4) is 0 Å². The molecule has 1 fully saturated rings. The highest BCUT2D eigenvalue weighted by Crippen LogP contribution is 2.32. The third-order valence-corrected chi connectivity index (χ3v) is 4.53. The SMILES string of the molecule is Brc1nc(C2CCCCC2)nc2c1CNCC2. The summed E-state index contributed by atoms with van der Waals surface area (Å²) in [5.41, 5.74) is 2.52. The van der Waals surface area contributed by atoms with Crippen LogP contribution in [0.3, 0.4) is 0 Å². The Morgan fingerprint density at radius 2 is 1.94 bits per heavy atom. The van der Waals surface area contributed by atoms with Crippen LogP contribution in [0.25, 0.3) is 0 Å². The second-order valence-electron chi connectivity index (χ2n) is 5.06. The number of hydrogen-bond acceptors (Lipinski definition) is 3. The monoisotopic (exact) mass is 295 g/mol. The van der Waals surface area contributed by atoms with Crippen LogP contribution in [0.15, 0.2) is 4.60 Å². The van der Waals surface area contributed by atoms with Crippen LogP contribution in [0.4, 0.5) is 0 Å². The topological polar surface area (TPSA) is 37.8 Å². The summed E-state index contributed by atoms with van der Waals surface area (Å²) < 4.78 is 1.01. The van der Waals surface area contributed by atoms with Crippen LogP contribution < -0.4 is 5.32 Å². The minimum atomic E-state index is 0.597. The van der Waals surface area contributed by atoms with Gasteiger partial charge in [-0.3, -0.25) is 0 Å². The van der Waals surface area contributed by atoms with Crippen molar-refractivity contribution in [2.45, 2.75) is 51.0 Å². The second kappa shape index (κ2) is 5.02. The van der Waals surface area contributed by atoms with Gasteiger partial charge in [0.1, 0.15) is 10.4 Å². The number of nitrogens with one attached hydrogen (secondary N) is 1. The Hall–Kier alpha value is -0.480. The van der Waals surface area contributed by atoms with Gasteiger partial charge in [-0.25, -0.2) is 9.97 Å². The van der Waals surface area contributed by atoms with E-state index < -0.39 is 0 Å². The summed E-state index contributed by atoms with van der Waals surface area (Å²) in [6.07, 6.45) is 7.63. The molecule has 17 heavy (non-hydrogen) atoms. The molecule has 1 aromatic heterocycles. The highest BCUT2D eigenvalue weighted by molar-refractivity contribution is 9.10. The van der Waals surface area contributed by atoms with Gasteiger partial charge in [-0.15, -0.1) is 0 Å². The molecule has 3 nitrogen and oxygen atoms in total. The smallest absolute Gasteiger partial charge is 0.133 e. The number of hydrogen-bond donors (Lipinski definition) is 1. The van der Waals surface area contributed by atoms with E-state index in [0.717, 1.165) is 29.9 Å². The molecule has 1 saturated carbocycles. The van der Waals surface area contributed by atoms with Crippen molar-refractivity contribution in [1.29, 1.82) is 0 Å². The van der Waals surface area contributed by atoms with Crippen LogP contribution in [0, 0.1) is 0 Å². The Balaban J connectivity index is 1.92. The highest BCUT2D eigenvalue weighted by atomic mass is 79.9. The molecule has 0 aromatic carbocycles. The zero-order valence-corrected chi connectivity index (χ0v) is 11.6. The number of fused-ring (bicyclic) bond motifs is 1. The van der Waals surface area contributed by atoms with E-state index in [2.05, 4.69) is 26.2 Å². The summed E-state index contributed by atoms with van der Waals surface area (Å²) >= 11 is 3.61. The number of halogens is 1. The maximum atomic E-state index is 4.82. The summed E-state index contributed by atoms with van der Waals surface area (Å²) in [6, 6.07) is 0. The molecule has 92 valence electrons. The maximum Gasteiger partial charge on any atom is 0.133 e. The molecule has 1 aliphatic heterocycles. The minimum Gasteiger partial charge on any atom is -0.312 e. The zero-order valence-electron chi connectivity index (χ0n) is 10.0. The standard InChI is InChI=1S/C13H18BrN3/c14-12-10-8-15-7-6-11(10)16-13(17-12)9-4-2-1-3-5-9/h9,15H,1-8H2. The molecular formula is C13H18BrN3. The molecule has 0 spiro atoms. The molecule has 2 heterocycles. The van der Waals surface area contributed by atoms with E-state index >= 15 is 0 Å². The van der Waals surface area contributed by atoms with Crippen LogP contribution in [0.2, 0.25) is 0 Å². The Morgan fingerprint density at radius 3 is 2.76 bits per heavy atom. The first-order valence-electron chi connectivity index (χ1n) is 6.60. The fourth-order valence-corrected chi connectivity index (χ4v) is 3.41. The van der Waals surface area contributed by atoms with Gasteiger partial charge >= 0.3 is 0 Å². The summed E-state index contributed by atoms with van der Waals surface area (Å²) in [5, 5.41) is 3.37. The van der Waals surface area contributed by atoms with Crippen LogP contribution in [-0.2, 0) is 13.0 Å². The van der Waals surface area contributed by atoms with Gasteiger partial charge in [-0.2, -0.15) is 0 Å². The second-order valence-corrected chi connectivity index (χ2v) is 5.81. The third-order valence-electron chi connectivity index (χ3n) is 3.87. The molecule has 2 aliphatic rings. The molecule has 0 amide bonds. The lowest BCUT2D eigenvalue weighted by atomic mass is 9.88. The zero-order chi connectivity index (χ0) is 11.7. The molecule has 3 rings (SSSR count). The first-order chi connectivity index (χ1) is 8.34. The lowest BCUT2D eigenvalue weighted by Gasteiger charge is -2.23. The molecule has 4 heteroatoms. The number of rotatable bonds is 1. The molecule has 1 N–H and O–H groups in total. The number of aromatic nitrogens is 2. The van der Waals surface area contributed by atoms with Crippen molar-refractivity contribution >= 4 is 15.9 Å². The fraction of sp³-hybridized carbons (Fsp3) is 0.692. The van der Waals surface area contributed by atoms with Crippen LogP contribution in [-0.4, -0.2) is 16.5 Å². The fourth-order valence-electron chi connectivity index (χ4n) is 2.86. The molecule has 0 unspecified atom stereocenters. The van der Waals surface area contributed by atoms with E-state index in [1.54, 1.807) is 0 Å². The van der Waals surface area contributed by atoms with E-state index in [1.807, 2.05) is 0 Å². The van der Waals surface area contributed by atoms with Gasteiger partial charge in [-0.1, -0.05) is 19.3 Å². The van der Waals surface area contributed by atoms with Gasteiger partial charge in [0.2, 0.25) is 0 Å². The minimum absolute atomic E-state index is 0.597. The molecule has 0 atom stereocenters. The average Bonchev–Trinajstić information content (AvgIpc) is 2.40. The van der Waals surface area contributed by atoms with Gasteiger partial charge in [0.25, 0.3) is 0 Å². The van der Waals surface area contributed by atoms with Gasteiger partial charge in [-0.05, 0) is 28.8 Å². The Kier molecular flexibility index (Phi) is 3.43. The molecule has 0 saturated heterocycles. The first kappa shape index (κ1) is 11.6. The van der Waals surface area contributed by atoms with Gasteiger partial charge < -0.3 is 5.32 Å². The summed E-state index contributed by atoms with van der Waals surface area (Å²) in [5.74, 6) is 1.68. The summed E-state index contributed by atoms with van der Waals surface area (Å²) in [4.78, 5) is 9.49. The van der Waals surface area contributed by atoms with Crippen molar-refractivity contribution in [3.63, 3.8) is 0 Å². The summed E-state index contributed by atoms with van der Waals surface area (Å²) in [7, 11) is 0. The predicted octanol–water partition coefficient (Wildman–Crippen LogP) is 2.93. The van der Waals surface area contributed by atoms with E-state index in [-0.39, 0.29) is 0 Å². The first-order valence-corrected chi connectivity index (χ1v) is 7.40. The summed E-state index contributed by atoms with van der Waals surface area (Å²) in [6.45, 7) is 1.95. The van der Waals surface area contributed by atoms with Crippen molar-refractivity contribution in [1.82, 2.24) is 15.3 Å².